The number of hydrogen-bond donors (Lipinski definition) is 4. The Morgan fingerprint density at radius 3 is 2.83 bits per heavy atom. The molecule has 1 saturated heterocycles. The molecule has 5 atom stereocenters. The third-order valence-corrected chi connectivity index (χ3v) is 3.69. The number of fused-ring (bicyclic) bond motifs is 1. The molecule has 23 heavy (non-hydrogen) atoms. The van der Waals surface area contributed by atoms with E-state index in [2.05, 4.69) is 19.7 Å². The van der Waals surface area contributed by atoms with Gasteiger partial charge in [-0.15, -0.1) is 0 Å². The summed E-state index contributed by atoms with van der Waals surface area (Å²) in [6, 6.07) is 0. The Morgan fingerprint density at radius 2 is 2.13 bits per heavy atom. The minimum Gasteiger partial charge on any atom is -0.467 e. The van der Waals surface area contributed by atoms with Crippen molar-refractivity contribution in [3.05, 3.63) is 12.7 Å². The highest BCUT2D eigenvalue weighted by Gasteiger charge is 2.49. The number of nitrogens with zero attached hydrogens (tertiary/aromatic N) is 4. The molecule has 1 aliphatic heterocycles. The number of aliphatic hydroxyl groups is 3. The second kappa shape index (κ2) is 5.70. The SMILES string of the molecule is COC(=O)C(O)[C@H]1O[C@@H](n2cnc3c(N)ncnc32)C(O)C1O. The van der Waals surface area contributed by atoms with Gasteiger partial charge in [-0.05, 0) is 0 Å². The van der Waals surface area contributed by atoms with Gasteiger partial charge in [-0.1, -0.05) is 0 Å². The van der Waals surface area contributed by atoms with Crippen molar-refractivity contribution < 1.29 is 29.6 Å². The summed E-state index contributed by atoms with van der Waals surface area (Å²) in [5.41, 5.74) is 6.26. The fourth-order valence-corrected chi connectivity index (χ4v) is 2.49. The van der Waals surface area contributed by atoms with Crippen LogP contribution in [-0.2, 0) is 14.3 Å². The monoisotopic (exact) mass is 325 g/mol. The van der Waals surface area contributed by atoms with E-state index in [1.165, 1.54) is 17.2 Å². The lowest BCUT2D eigenvalue weighted by Gasteiger charge is -2.18. The lowest BCUT2D eigenvalue weighted by molar-refractivity contribution is -0.163. The van der Waals surface area contributed by atoms with Crippen LogP contribution < -0.4 is 5.73 Å². The molecule has 0 radical (unpaired) electrons. The van der Waals surface area contributed by atoms with E-state index in [0.717, 1.165) is 7.11 Å². The number of hydrogen-bond acceptors (Lipinski definition) is 10. The molecule has 11 nitrogen and oxygen atoms in total. The molecule has 124 valence electrons. The summed E-state index contributed by atoms with van der Waals surface area (Å²) in [6.45, 7) is 0. The van der Waals surface area contributed by atoms with E-state index in [-0.39, 0.29) is 11.5 Å². The smallest absolute Gasteiger partial charge is 0.337 e. The second-order valence-electron chi connectivity index (χ2n) is 5.02. The fourth-order valence-electron chi connectivity index (χ4n) is 2.49. The number of carbonyl (C=O) groups is 1. The van der Waals surface area contributed by atoms with E-state index < -0.39 is 36.6 Å². The molecule has 0 bridgehead atoms. The summed E-state index contributed by atoms with van der Waals surface area (Å²) in [5.74, 6) is -0.836. The number of aliphatic hydroxyl groups excluding tert-OH is 3. The minimum absolute atomic E-state index is 0.146. The second-order valence-corrected chi connectivity index (χ2v) is 5.02. The molecule has 0 spiro atoms. The van der Waals surface area contributed by atoms with Gasteiger partial charge in [-0.2, -0.15) is 0 Å². The number of imidazole rings is 1. The zero-order valence-corrected chi connectivity index (χ0v) is 12.0. The van der Waals surface area contributed by atoms with Gasteiger partial charge in [0.25, 0.3) is 0 Å². The zero-order chi connectivity index (χ0) is 16.7. The van der Waals surface area contributed by atoms with Gasteiger partial charge < -0.3 is 30.5 Å². The van der Waals surface area contributed by atoms with Gasteiger partial charge in [0.1, 0.15) is 30.2 Å². The summed E-state index contributed by atoms with van der Waals surface area (Å²) < 4.78 is 11.2. The van der Waals surface area contributed by atoms with Crippen LogP contribution in [0.4, 0.5) is 5.82 Å². The minimum atomic E-state index is -1.75. The third kappa shape index (κ3) is 2.39. The number of aromatic nitrogens is 4. The lowest BCUT2D eigenvalue weighted by atomic mass is 10.1. The number of carbonyl (C=O) groups excluding carboxylic acids is 1. The number of esters is 1. The van der Waals surface area contributed by atoms with E-state index in [1.807, 2.05) is 0 Å². The molecule has 3 heterocycles. The molecule has 1 aliphatic rings. The molecule has 0 aliphatic carbocycles. The molecule has 0 amide bonds. The summed E-state index contributed by atoms with van der Waals surface area (Å²) in [7, 11) is 1.09. The maximum atomic E-state index is 11.4. The highest BCUT2D eigenvalue weighted by atomic mass is 16.6. The van der Waals surface area contributed by atoms with Gasteiger partial charge in [0.15, 0.2) is 23.8 Å². The summed E-state index contributed by atoms with van der Waals surface area (Å²) >= 11 is 0. The molecular weight excluding hydrogens is 310 g/mol. The third-order valence-electron chi connectivity index (χ3n) is 3.69. The van der Waals surface area contributed by atoms with Gasteiger partial charge in [0.2, 0.25) is 0 Å². The highest BCUT2D eigenvalue weighted by Crippen LogP contribution is 2.33. The first-order valence-electron chi connectivity index (χ1n) is 6.66. The number of nitrogen functional groups attached to an aromatic ring is 1. The van der Waals surface area contributed by atoms with E-state index >= 15 is 0 Å². The molecule has 0 aromatic carbocycles. The van der Waals surface area contributed by atoms with Gasteiger partial charge in [-0.25, -0.2) is 19.7 Å². The number of ether oxygens (including phenoxy) is 2. The van der Waals surface area contributed by atoms with Crippen LogP contribution in [0.15, 0.2) is 12.7 Å². The molecule has 11 heteroatoms. The van der Waals surface area contributed by atoms with Crippen molar-refractivity contribution in [3.63, 3.8) is 0 Å². The quantitative estimate of drug-likeness (QED) is 0.445. The molecule has 3 unspecified atom stereocenters. The Kier molecular flexibility index (Phi) is 3.85. The van der Waals surface area contributed by atoms with Crippen molar-refractivity contribution in [1.29, 1.82) is 0 Å². The predicted octanol–water partition coefficient (Wildman–Crippen LogP) is -2.44. The number of nitrogens with two attached hydrogens (primary N) is 1. The van der Waals surface area contributed by atoms with Crippen molar-refractivity contribution in [2.45, 2.75) is 30.6 Å². The molecule has 2 aromatic rings. The van der Waals surface area contributed by atoms with Gasteiger partial charge >= 0.3 is 5.97 Å². The molecule has 2 aromatic heterocycles. The van der Waals surface area contributed by atoms with Crippen molar-refractivity contribution >= 4 is 23.0 Å². The number of methoxy groups -OCH3 is 1. The van der Waals surface area contributed by atoms with Crippen molar-refractivity contribution in [3.8, 4) is 0 Å². The molecular formula is C12H15N5O6. The molecule has 1 fully saturated rings. The first kappa shape index (κ1) is 15.6. The van der Waals surface area contributed by atoms with Gasteiger partial charge in [-0.3, -0.25) is 4.57 Å². The number of anilines is 1. The van der Waals surface area contributed by atoms with E-state index in [0.29, 0.717) is 5.52 Å². The average Bonchev–Trinajstić information content (AvgIpc) is 3.09. The first-order valence-corrected chi connectivity index (χ1v) is 6.66. The summed E-state index contributed by atoms with van der Waals surface area (Å²) in [5, 5.41) is 30.0. The van der Waals surface area contributed by atoms with Crippen molar-refractivity contribution in [2.75, 3.05) is 12.8 Å². The van der Waals surface area contributed by atoms with Crippen LogP contribution in [0.25, 0.3) is 11.2 Å². The van der Waals surface area contributed by atoms with Crippen LogP contribution in [-0.4, -0.2) is 72.3 Å². The fraction of sp³-hybridized carbons (Fsp3) is 0.500. The topological polar surface area (TPSA) is 166 Å². The standard InChI is InChI=1S/C12H15N5O6/c1-22-12(21)7(20)8-5(18)6(19)11(23-8)17-3-16-4-9(13)14-2-15-10(4)17/h2-3,5-8,11,18-20H,1H3,(H2,13,14,15)/t5?,6?,7?,8-,11+/m0/s1. The molecule has 5 N–H and O–H groups in total. The van der Waals surface area contributed by atoms with Crippen LogP contribution in [0.2, 0.25) is 0 Å². The van der Waals surface area contributed by atoms with Crippen molar-refractivity contribution in [2.24, 2.45) is 0 Å². The van der Waals surface area contributed by atoms with E-state index in [1.54, 1.807) is 0 Å². The Labute approximate surface area is 129 Å². The summed E-state index contributed by atoms with van der Waals surface area (Å²) in [6.07, 6.45) is -4.63. The maximum absolute atomic E-state index is 11.4. The highest BCUT2D eigenvalue weighted by molar-refractivity contribution is 5.81. The Bertz CT molecular complexity index is 736. The number of rotatable bonds is 3. The zero-order valence-electron chi connectivity index (χ0n) is 12.0. The maximum Gasteiger partial charge on any atom is 0.337 e. The first-order chi connectivity index (χ1) is 11.0. The van der Waals surface area contributed by atoms with Crippen LogP contribution in [0, 0.1) is 0 Å². The van der Waals surface area contributed by atoms with Crippen LogP contribution in [0.3, 0.4) is 0 Å². The predicted molar refractivity (Wildman–Crippen MR) is 73.7 cm³/mol. The average molecular weight is 325 g/mol. The van der Waals surface area contributed by atoms with E-state index in [9.17, 15) is 20.1 Å². The molecule has 3 rings (SSSR count). The van der Waals surface area contributed by atoms with E-state index in [4.69, 9.17) is 10.5 Å². The van der Waals surface area contributed by atoms with Gasteiger partial charge in [0.05, 0.1) is 13.4 Å². The normalized spacial score (nSPS) is 28.9. The Hall–Kier alpha value is -2.34. The van der Waals surface area contributed by atoms with Gasteiger partial charge in [0, 0.05) is 0 Å². The van der Waals surface area contributed by atoms with Crippen LogP contribution in [0.1, 0.15) is 6.23 Å². The molecule has 0 saturated carbocycles. The largest absolute Gasteiger partial charge is 0.467 e. The Balaban J connectivity index is 1.94. The Morgan fingerprint density at radius 1 is 1.39 bits per heavy atom. The summed E-state index contributed by atoms with van der Waals surface area (Å²) in [4.78, 5) is 23.2. The van der Waals surface area contributed by atoms with Crippen LogP contribution in [0.5, 0.6) is 0 Å². The van der Waals surface area contributed by atoms with Crippen LogP contribution >= 0.6 is 0 Å². The lowest BCUT2D eigenvalue weighted by Crippen LogP contribution is -2.43. The van der Waals surface area contributed by atoms with Crippen molar-refractivity contribution in [1.82, 2.24) is 19.5 Å².